The van der Waals surface area contributed by atoms with Crippen LogP contribution in [0.25, 0.3) is 0 Å². The average Bonchev–Trinajstić information content (AvgIpc) is 2.74. The second-order valence-corrected chi connectivity index (χ2v) is 8.14. The topological polar surface area (TPSA) is 0 Å². The molecule has 5 atom stereocenters. The molecule has 0 aromatic heterocycles. The van der Waals surface area contributed by atoms with Gasteiger partial charge in [0.25, 0.3) is 0 Å². The Hall–Kier alpha value is -0.780. The first-order chi connectivity index (χ1) is 9.59. The van der Waals surface area contributed by atoms with Crippen molar-refractivity contribution in [2.24, 2.45) is 23.2 Å². The number of hydrogen-bond acceptors (Lipinski definition) is 0. The summed E-state index contributed by atoms with van der Waals surface area (Å²) < 4.78 is 0. The lowest BCUT2D eigenvalue weighted by molar-refractivity contribution is 0.0337. The number of hydrogen-bond donors (Lipinski definition) is 0. The molecule has 0 amide bonds. The highest BCUT2D eigenvalue weighted by atomic mass is 14.6. The molecule has 4 rings (SSSR count). The second-order valence-electron chi connectivity index (χ2n) is 8.14. The van der Waals surface area contributed by atoms with Crippen LogP contribution in [0.5, 0.6) is 0 Å². The molecule has 0 saturated heterocycles. The van der Waals surface area contributed by atoms with E-state index >= 15 is 0 Å². The largest absolute Gasteiger partial charge is 0.0776 e. The lowest BCUT2D eigenvalue weighted by Gasteiger charge is -2.50. The van der Waals surface area contributed by atoms with Crippen molar-refractivity contribution in [3.8, 4) is 0 Å². The van der Waals surface area contributed by atoms with Crippen LogP contribution in [0.3, 0.4) is 0 Å². The highest BCUT2D eigenvalue weighted by Gasteiger charge is 2.53. The summed E-state index contributed by atoms with van der Waals surface area (Å²) in [5, 5.41) is 0. The summed E-state index contributed by atoms with van der Waals surface area (Å²) in [6.07, 6.45) is 8.67. The van der Waals surface area contributed by atoms with Gasteiger partial charge in [0.1, 0.15) is 0 Å². The molecule has 0 bridgehead atoms. The standard InChI is InChI=1S/C20H28.CH4/c1-13-4-7-16-15(12-13)6-8-18-17(16)10-11-20(3)14(2)5-9-19(18)20;/h4,7,12,14,17-19H,5-6,8-11H2,1-3H3;1H4. The van der Waals surface area contributed by atoms with Gasteiger partial charge in [0.05, 0.1) is 0 Å². The van der Waals surface area contributed by atoms with E-state index in [1.165, 1.54) is 44.1 Å². The Balaban J connectivity index is 0.00000132. The fourth-order valence-electron chi connectivity index (χ4n) is 5.97. The second kappa shape index (κ2) is 5.14. The molecule has 5 unspecified atom stereocenters. The number of fused-ring (bicyclic) bond motifs is 5. The molecule has 1 aromatic carbocycles. The summed E-state index contributed by atoms with van der Waals surface area (Å²) in [6.45, 7) is 7.36. The van der Waals surface area contributed by atoms with Gasteiger partial charge < -0.3 is 0 Å². The molecular weight excluding hydrogens is 252 g/mol. The van der Waals surface area contributed by atoms with Crippen molar-refractivity contribution >= 4 is 0 Å². The van der Waals surface area contributed by atoms with Crippen LogP contribution in [-0.4, -0.2) is 0 Å². The third kappa shape index (κ3) is 2.09. The first-order valence-electron chi connectivity index (χ1n) is 8.69. The molecule has 3 aliphatic rings. The molecule has 0 heterocycles. The van der Waals surface area contributed by atoms with Gasteiger partial charge in [0.15, 0.2) is 0 Å². The fraction of sp³-hybridized carbons (Fsp3) is 0.714. The summed E-state index contributed by atoms with van der Waals surface area (Å²) in [7, 11) is 0. The van der Waals surface area contributed by atoms with E-state index in [1.807, 2.05) is 0 Å². The van der Waals surface area contributed by atoms with Crippen LogP contribution in [0.4, 0.5) is 0 Å². The van der Waals surface area contributed by atoms with Crippen LogP contribution in [-0.2, 0) is 6.42 Å². The molecule has 0 heteroatoms. The van der Waals surface area contributed by atoms with Crippen molar-refractivity contribution < 1.29 is 0 Å². The summed E-state index contributed by atoms with van der Waals surface area (Å²) >= 11 is 0. The molecule has 2 saturated carbocycles. The lowest BCUT2D eigenvalue weighted by Crippen LogP contribution is -2.41. The van der Waals surface area contributed by atoms with Crippen LogP contribution >= 0.6 is 0 Å². The van der Waals surface area contributed by atoms with E-state index in [1.54, 1.807) is 11.1 Å². The van der Waals surface area contributed by atoms with Gasteiger partial charge >= 0.3 is 0 Å². The van der Waals surface area contributed by atoms with Crippen molar-refractivity contribution in [2.75, 3.05) is 0 Å². The number of aryl methyl sites for hydroxylation is 2. The Labute approximate surface area is 131 Å². The van der Waals surface area contributed by atoms with Crippen LogP contribution in [0, 0.1) is 30.1 Å². The Morgan fingerprint density at radius 2 is 1.90 bits per heavy atom. The van der Waals surface area contributed by atoms with Crippen molar-refractivity contribution in [3.05, 3.63) is 34.9 Å². The minimum Gasteiger partial charge on any atom is -0.0776 e. The minimum atomic E-state index is 0. The van der Waals surface area contributed by atoms with E-state index in [2.05, 4.69) is 39.0 Å². The van der Waals surface area contributed by atoms with Gasteiger partial charge in [-0.05, 0) is 85.7 Å². The van der Waals surface area contributed by atoms with Crippen molar-refractivity contribution in [1.29, 1.82) is 0 Å². The summed E-state index contributed by atoms with van der Waals surface area (Å²) in [6, 6.07) is 7.26. The molecule has 1 aromatic rings. The van der Waals surface area contributed by atoms with Crippen LogP contribution in [0.1, 0.15) is 76.0 Å². The number of rotatable bonds is 0. The Morgan fingerprint density at radius 3 is 2.71 bits per heavy atom. The quantitative estimate of drug-likeness (QED) is 0.538. The zero-order chi connectivity index (χ0) is 13.9. The molecule has 3 aliphatic carbocycles. The molecule has 0 nitrogen and oxygen atoms in total. The molecule has 21 heavy (non-hydrogen) atoms. The zero-order valence-electron chi connectivity index (χ0n) is 13.3. The van der Waals surface area contributed by atoms with Crippen LogP contribution in [0.2, 0.25) is 0 Å². The molecule has 0 radical (unpaired) electrons. The molecular formula is C21H32. The van der Waals surface area contributed by atoms with Gasteiger partial charge in [-0.25, -0.2) is 0 Å². The highest BCUT2D eigenvalue weighted by Crippen LogP contribution is 2.62. The SMILES string of the molecule is C.Cc1ccc2c(c1)CCC1C2CCC2(C)C(C)CCC12. The predicted molar refractivity (Wildman–Crippen MR) is 91.7 cm³/mol. The van der Waals surface area contributed by atoms with Gasteiger partial charge in [-0.3, -0.25) is 0 Å². The van der Waals surface area contributed by atoms with Crippen molar-refractivity contribution in [2.45, 2.75) is 72.6 Å². The predicted octanol–water partition coefficient (Wildman–Crippen LogP) is 6.12. The first kappa shape index (κ1) is 15.1. The third-order valence-electron chi connectivity index (χ3n) is 7.36. The van der Waals surface area contributed by atoms with Crippen molar-refractivity contribution in [3.63, 3.8) is 0 Å². The molecule has 0 aliphatic heterocycles. The average molecular weight is 284 g/mol. The normalized spacial score (nSPS) is 40.7. The Kier molecular flexibility index (Phi) is 3.71. The summed E-state index contributed by atoms with van der Waals surface area (Å²) in [5.74, 6) is 3.81. The highest BCUT2D eigenvalue weighted by molar-refractivity contribution is 5.37. The fourth-order valence-corrected chi connectivity index (χ4v) is 5.97. The zero-order valence-corrected chi connectivity index (χ0v) is 13.3. The van der Waals surface area contributed by atoms with E-state index in [9.17, 15) is 0 Å². The van der Waals surface area contributed by atoms with E-state index in [0.29, 0.717) is 5.41 Å². The Bertz CT molecular complexity index is 529. The number of benzene rings is 1. The lowest BCUT2D eigenvalue weighted by atomic mass is 9.54. The first-order valence-corrected chi connectivity index (χ1v) is 8.69. The van der Waals surface area contributed by atoms with E-state index in [-0.39, 0.29) is 7.43 Å². The van der Waals surface area contributed by atoms with Crippen LogP contribution < -0.4 is 0 Å². The van der Waals surface area contributed by atoms with E-state index in [4.69, 9.17) is 0 Å². The maximum absolute atomic E-state index is 2.61. The molecule has 2 fully saturated rings. The maximum atomic E-state index is 2.61. The minimum absolute atomic E-state index is 0. The van der Waals surface area contributed by atoms with Crippen LogP contribution in [0.15, 0.2) is 18.2 Å². The molecule has 116 valence electrons. The smallest absolute Gasteiger partial charge is 0.0128 e. The maximum Gasteiger partial charge on any atom is -0.0128 e. The molecule has 0 spiro atoms. The Morgan fingerprint density at radius 1 is 1.10 bits per heavy atom. The van der Waals surface area contributed by atoms with Gasteiger partial charge in [-0.2, -0.15) is 0 Å². The summed E-state index contributed by atoms with van der Waals surface area (Å²) in [5.41, 5.74) is 5.48. The van der Waals surface area contributed by atoms with Gasteiger partial charge in [-0.15, -0.1) is 0 Å². The van der Waals surface area contributed by atoms with Gasteiger partial charge in [-0.1, -0.05) is 45.0 Å². The van der Waals surface area contributed by atoms with E-state index < -0.39 is 0 Å². The summed E-state index contributed by atoms with van der Waals surface area (Å²) in [4.78, 5) is 0. The monoisotopic (exact) mass is 284 g/mol. The molecule has 0 N–H and O–H groups in total. The van der Waals surface area contributed by atoms with Crippen molar-refractivity contribution in [1.82, 2.24) is 0 Å². The van der Waals surface area contributed by atoms with E-state index in [0.717, 1.165) is 23.7 Å². The third-order valence-corrected chi connectivity index (χ3v) is 7.36. The van der Waals surface area contributed by atoms with Gasteiger partial charge in [0.2, 0.25) is 0 Å². The van der Waals surface area contributed by atoms with Gasteiger partial charge in [0, 0.05) is 0 Å².